The molecule has 0 fully saturated rings. The first-order valence-corrected chi connectivity index (χ1v) is 4.66. The fraction of sp³-hybridized carbons (Fsp3) is 0.778. The van der Waals surface area contributed by atoms with E-state index in [2.05, 4.69) is 10.6 Å². The monoisotopic (exact) mass is 202 g/mol. The molecular formula is C9H18N2O3. The van der Waals surface area contributed by atoms with Crippen LogP contribution in [0.15, 0.2) is 0 Å². The minimum absolute atomic E-state index is 0.0419. The highest BCUT2D eigenvalue weighted by molar-refractivity contribution is 5.79. The van der Waals surface area contributed by atoms with Gasteiger partial charge in [-0.25, -0.2) is 0 Å². The van der Waals surface area contributed by atoms with Crippen molar-refractivity contribution in [2.24, 2.45) is 5.92 Å². The fourth-order valence-electron chi connectivity index (χ4n) is 0.714. The molecule has 0 heterocycles. The van der Waals surface area contributed by atoms with E-state index in [9.17, 15) is 9.59 Å². The third-order valence-electron chi connectivity index (χ3n) is 1.65. The molecule has 0 rings (SSSR count). The molecule has 0 aliphatic rings. The highest BCUT2D eigenvalue weighted by Crippen LogP contribution is 1.86. The van der Waals surface area contributed by atoms with Crippen molar-refractivity contribution in [1.29, 1.82) is 0 Å². The molecule has 0 radical (unpaired) electrons. The van der Waals surface area contributed by atoms with Crippen molar-refractivity contribution >= 4 is 11.9 Å². The van der Waals surface area contributed by atoms with Gasteiger partial charge >= 0.3 is 5.97 Å². The number of carbonyl (C=O) groups is 2. The normalized spacial score (nSPS) is 12.6. The number of hydrogen-bond acceptors (Lipinski definition) is 3. The Kier molecular flexibility index (Phi) is 5.87. The lowest BCUT2D eigenvalue weighted by molar-refractivity contribution is -0.139. The van der Waals surface area contributed by atoms with Crippen LogP contribution in [-0.4, -0.2) is 36.1 Å². The molecule has 0 spiro atoms. The van der Waals surface area contributed by atoms with E-state index in [-0.39, 0.29) is 12.5 Å². The maximum atomic E-state index is 11.1. The van der Waals surface area contributed by atoms with Crippen LogP contribution >= 0.6 is 0 Å². The van der Waals surface area contributed by atoms with Crippen LogP contribution in [0.5, 0.6) is 0 Å². The zero-order valence-electron chi connectivity index (χ0n) is 8.83. The molecule has 0 aliphatic carbocycles. The standard InChI is InChI=1S/C9H18N2O3/c1-6(2)4-11-8(12)5-10-7(3)9(13)14/h6-7,10H,4-5H2,1-3H3,(H,11,12)(H,13,14). The van der Waals surface area contributed by atoms with Crippen molar-refractivity contribution in [3.05, 3.63) is 0 Å². The number of rotatable bonds is 6. The number of aliphatic carboxylic acids is 1. The van der Waals surface area contributed by atoms with Gasteiger partial charge in [-0.2, -0.15) is 0 Å². The van der Waals surface area contributed by atoms with Gasteiger partial charge in [-0.05, 0) is 12.8 Å². The quantitative estimate of drug-likeness (QED) is 0.558. The molecule has 0 bridgehead atoms. The summed E-state index contributed by atoms with van der Waals surface area (Å²) in [5.41, 5.74) is 0. The molecule has 82 valence electrons. The van der Waals surface area contributed by atoms with Crippen molar-refractivity contribution < 1.29 is 14.7 Å². The molecule has 0 aromatic rings. The Morgan fingerprint density at radius 3 is 2.29 bits per heavy atom. The average molecular weight is 202 g/mol. The summed E-state index contributed by atoms with van der Waals surface area (Å²) in [6.45, 7) is 6.14. The van der Waals surface area contributed by atoms with Crippen molar-refractivity contribution in [2.75, 3.05) is 13.1 Å². The van der Waals surface area contributed by atoms with Gasteiger partial charge in [0.05, 0.1) is 6.54 Å². The van der Waals surface area contributed by atoms with Crippen LogP contribution in [0.1, 0.15) is 20.8 Å². The Morgan fingerprint density at radius 1 is 1.29 bits per heavy atom. The predicted molar refractivity (Wildman–Crippen MR) is 52.9 cm³/mol. The van der Waals surface area contributed by atoms with Crippen molar-refractivity contribution in [3.8, 4) is 0 Å². The van der Waals surface area contributed by atoms with Crippen molar-refractivity contribution in [3.63, 3.8) is 0 Å². The van der Waals surface area contributed by atoms with Crippen molar-refractivity contribution in [2.45, 2.75) is 26.8 Å². The van der Waals surface area contributed by atoms with E-state index >= 15 is 0 Å². The minimum Gasteiger partial charge on any atom is -0.480 e. The molecule has 14 heavy (non-hydrogen) atoms. The van der Waals surface area contributed by atoms with E-state index in [1.807, 2.05) is 13.8 Å². The van der Waals surface area contributed by atoms with Crippen LogP contribution in [-0.2, 0) is 9.59 Å². The summed E-state index contributed by atoms with van der Waals surface area (Å²) >= 11 is 0. The summed E-state index contributed by atoms with van der Waals surface area (Å²) in [5.74, 6) is -0.732. The van der Waals surface area contributed by atoms with Crippen LogP contribution in [0.4, 0.5) is 0 Å². The van der Waals surface area contributed by atoms with Gasteiger partial charge in [0.2, 0.25) is 5.91 Å². The van der Waals surface area contributed by atoms with Gasteiger partial charge < -0.3 is 10.4 Å². The average Bonchev–Trinajstić information content (AvgIpc) is 2.10. The summed E-state index contributed by atoms with van der Waals surface area (Å²) in [5, 5.41) is 13.8. The molecule has 0 aliphatic heterocycles. The maximum Gasteiger partial charge on any atom is 0.320 e. The molecule has 1 unspecified atom stereocenters. The summed E-state index contributed by atoms with van der Waals surface area (Å²) in [6.07, 6.45) is 0. The number of carboxylic acid groups (broad SMARTS) is 1. The second kappa shape index (κ2) is 6.37. The Balaban J connectivity index is 3.59. The molecule has 3 N–H and O–H groups in total. The van der Waals surface area contributed by atoms with E-state index in [1.165, 1.54) is 6.92 Å². The summed E-state index contributed by atoms with van der Waals surface area (Å²) < 4.78 is 0. The fourth-order valence-corrected chi connectivity index (χ4v) is 0.714. The van der Waals surface area contributed by atoms with Crippen LogP contribution in [0.2, 0.25) is 0 Å². The molecule has 1 atom stereocenters. The number of carbonyl (C=O) groups excluding carboxylic acids is 1. The smallest absolute Gasteiger partial charge is 0.320 e. The molecule has 0 aromatic heterocycles. The zero-order valence-corrected chi connectivity index (χ0v) is 8.83. The molecule has 5 nitrogen and oxygen atoms in total. The van der Waals surface area contributed by atoms with Crippen LogP contribution in [0.3, 0.4) is 0 Å². The predicted octanol–water partition coefficient (Wildman–Crippen LogP) is -0.179. The first kappa shape index (κ1) is 12.9. The van der Waals surface area contributed by atoms with Crippen LogP contribution in [0, 0.1) is 5.92 Å². The Hall–Kier alpha value is -1.10. The number of nitrogens with one attached hydrogen (secondary N) is 2. The van der Waals surface area contributed by atoms with E-state index in [1.54, 1.807) is 0 Å². The second-order valence-corrected chi connectivity index (χ2v) is 3.64. The van der Waals surface area contributed by atoms with E-state index in [4.69, 9.17) is 5.11 Å². The lowest BCUT2D eigenvalue weighted by Gasteiger charge is -2.10. The molecule has 5 heteroatoms. The third kappa shape index (κ3) is 6.42. The number of hydrogen-bond donors (Lipinski definition) is 3. The maximum absolute atomic E-state index is 11.1. The van der Waals surface area contributed by atoms with Crippen LogP contribution in [0.25, 0.3) is 0 Å². The highest BCUT2D eigenvalue weighted by atomic mass is 16.4. The van der Waals surface area contributed by atoms with Gasteiger partial charge in [0.25, 0.3) is 0 Å². The largest absolute Gasteiger partial charge is 0.480 e. The van der Waals surface area contributed by atoms with E-state index in [0.717, 1.165) is 0 Å². The zero-order chi connectivity index (χ0) is 11.1. The molecule has 0 saturated heterocycles. The summed E-state index contributed by atoms with van der Waals surface area (Å²) in [4.78, 5) is 21.5. The summed E-state index contributed by atoms with van der Waals surface area (Å²) in [6, 6.07) is -0.695. The lowest BCUT2D eigenvalue weighted by atomic mass is 10.2. The van der Waals surface area contributed by atoms with Gasteiger partial charge in [-0.1, -0.05) is 13.8 Å². The third-order valence-corrected chi connectivity index (χ3v) is 1.65. The molecule has 0 aromatic carbocycles. The second-order valence-electron chi connectivity index (χ2n) is 3.64. The van der Waals surface area contributed by atoms with E-state index in [0.29, 0.717) is 12.5 Å². The van der Waals surface area contributed by atoms with Gasteiger partial charge in [-0.3, -0.25) is 14.9 Å². The number of amides is 1. The molecule has 1 amide bonds. The van der Waals surface area contributed by atoms with Gasteiger partial charge in [-0.15, -0.1) is 0 Å². The Labute approximate surface area is 83.9 Å². The molecule has 0 saturated carbocycles. The SMILES string of the molecule is CC(C)CNC(=O)CNC(C)C(=O)O. The minimum atomic E-state index is -0.957. The molecular weight excluding hydrogens is 184 g/mol. The first-order valence-electron chi connectivity index (χ1n) is 4.66. The van der Waals surface area contributed by atoms with Gasteiger partial charge in [0.1, 0.15) is 6.04 Å². The number of carboxylic acids is 1. The lowest BCUT2D eigenvalue weighted by Crippen LogP contribution is -2.42. The summed E-state index contributed by atoms with van der Waals surface area (Å²) in [7, 11) is 0. The Morgan fingerprint density at radius 2 is 1.86 bits per heavy atom. The Bertz CT molecular complexity index is 204. The van der Waals surface area contributed by atoms with Gasteiger partial charge in [0.15, 0.2) is 0 Å². The van der Waals surface area contributed by atoms with Crippen molar-refractivity contribution in [1.82, 2.24) is 10.6 Å². The highest BCUT2D eigenvalue weighted by Gasteiger charge is 2.11. The van der Waals surface area contributed by atoms with Crippen LogP contribution < -0.4 is 10.6 Å². The first-order chi connectivity index (χ1) is 6.43. The topological polar surface area (TPSA) is 78.4 Å². The van der Waals surface area contributed by atoms with E-state index < -0.39 is 12.0 Å². The van der Waals surface area contributed by atoms with Gasteiger partial charge in [0, 0.05) is 6.54 Å².